The van der Waals surface area contributed by atoms with Crippen molar-refractivity contribution >= 4 is 0 Å². The van der Waals surface area contributed by atoms with Crippen LogP contribution in [0.2, 0.25) is 0 Å². The van der Waals surface area contributed by atoms with Gasteiger partial charge in [0, 0.05) is 25.6 Å². The van der Waals surface area contributed by atoms with Crippen molar-refractivity contribution in [3.63, 3.8) is 0 Å². The summed E-state index contributed by atoms with van der Waals surface area (Å²) in [7, 11) is 0. The third-order valence-electron chi connectivity index (χ3n) is 2.53. The second-order valence-corrected chi connectivity index (χ2v) is 3.48. The fraction of sp³-hybridized carbons (Fsp3) is 0.600. The monoisotopic (exact) mass is 165 g/mol. The van der Waals surface area contributed by atoms with Crippen molar-refractivity contribution in [2.75, 3.05) is 13.2 Å². The Morgan fingerprint density at radius 3 is 2.92 bits per heavy atom. The van der Waals surface area contributed by atoms with Crippen LogP contribution in [0.4, 0.5) is 0 Å². The maximum Gasteiger partial charge on any atom is 0.0468 e. The summed E-state index contributed by atoms with van der Waals surface area (Å²) in [5.41, 5.74) is 1.43. The van der Waals surface area contributed by atoms with Crippen molar-refractivity contribution in [1.82, 2.24) is 4.98 Å². The first-order valence-corrected chi connectivity index (χ1v) is 4.64. The van der Waals surface area contributed by atoms with Gasteiger partial charge in [-0.3, -0.25) is 0 Å². The largest absolute Gasteiger partial charge is 0.381 e. The normalized spacial score (nSPS) is 19.7. The van der Waals surface area contributed by atoms with Gasteiger partial charge in [-0.15, -0.1) is 0 Å². The molecule has 0 bridgehead atoms. The molecule has 0 spiro atoms. The highest BCUT2D eigenvalue weighted by Gasteiger charge is 2.13. The van der Waals surface area contributed by atoms with Gasteiger partial charge in [-0.25, -0.2) is 0 Å². The first kappa shape index (κ1) is 7.87. The van der Waals surface area contributed by atoms with E-state index in [2.05, 4.69) is 17.2 Å². The van der Waals surface area contributed by atoms with Crippen molar-refractivity contribution in [3.05, 3.63) is 24.0 Å². The zero-order valence-electron chi connectivity index (χ0n) is 7.25. The lowest BCUT2D eigenvalue weighted by atomic mass is 9.94. The molecule has 0 radical (unpaired) electrons. The maximum atomic E-state index is 5.31. The molecule has 0 aliphatic carbocycles. The van der Waals surface area contributed by atoms with Crippen molar-refractivity contribution in [2.24, 2.45) is 5.92 Å². The second kappa shape index (κ2) is 3.76. The molecular formula is C10H15NO. The Morgan fingerprint density at radius 2 is 2.25 bits per heavy atom. The van der Waals surface area contributed by atoms with E-state index in [1.165, 1.54) is 24.8 Å². The van der Waals surface area contributed by atoms with Gasteiger partial charge in [0.25, 0.3) is 0 Å². The molecule has 0 saturated carbocycles. The van der Waals surface area contributed by atoms with E-state index < -0.39 is 0 Å². The number of H-pyrrole nitrogens is 1. The highest BCUT2D eigenvalue weighted by molar-refractivity contribution is 5.09. The average Bonchev–Trinajstić information content (AvgIpc) is 2.59. The first-order chi connectivity index (χ1) is 5.95. The zero-order chi connectivity index (χ0) is 8.23. The predicted octanol–water partition coefficient (Wildman–Crippen LogP) is 1.98. The summed E-state index contributed by atoms with van der Waals surface area (Å²) in [4.78, 5) is 3.09. The number of aromatic amines is 1. The number of ether oxygens (including phenoxy) is 1. The standard InChI is InChI=1S/C10H15NO/c1-4-11-8-10(1)7-9-2-5-12-6-3-9/h1,4,8-9,11H,2-3,5-7H2. The van der Waals surface area contributed by atoms with E-state index in [-0.39, 0.29) is 0 Å². The molecular weight excluding hydrogens is 150 g/mol. The van der Waals surface area contributed by atoms with Gasteiger partial charge < -0.3 is 9.72 Å². The Morgan fingerprint density at radius 1 is 1.42 bits per heavy atom. The zero-order valence-corrected chi connectivity index (χ0v) is 7.25. The highest BCUT2D eigenvalue weighted by atomic mass is 16.5. The Balaban J connectivity index is 1.86. The summed E-state index contributed by atoms with van der Waals surface area (Å²) in [6, 6.07) is 2.16. The summed E-state index contributed by atoms with van der Waals surface area (Å²) in [5.74, 6) is 0.842. The van der Waals surface area contributed by atoms with Gasteiger partial charge in [0.1, 0.15) is 0 Å². The van der Waals surface area contributed by atoms with Crippen LogP contribution in [0.25, 0.3) is 0 Å². The third kappa shape index (κ3) is 1.89. The number of hydrogen-bond donors (Lipinski definition) is 1. The summed E-state index contributed by atoms with van der Waals surface area (Å²) >= 11 is 0. The van der Waals surface area contributed by atoms with Gasteiger partial charge in [-0.1, -0.05) is 0 Å². The summed E-state index contributed by atoms with van der Waals surface area (Å²) in [6.07, 6.45) is 7.76. The molecule has 0 amide bonds. The van der Waals surface area contributed by atoms with Crippen LogP contribution in [0.3, 0.4) is 0 Å². The van der Waals surface area contributed by atoms with Crippen LogP contribution in [0.15, 0.2) is 18.5 Å². The molecule has 2 rings (SSSR count). The topological polar surface area (TPSA) is 25.0 Å². The molecule has 1 aliphatic heterocycles. The molecule has 2 heterocycles. The molecule has 1 saturated heterocycles. The van der Waals surface area contributed by atoms with Crippen LogP contribution in [-0.2, 0) is 11.2 Å². The lowest BCUT2D eigenvalue weighted by Crippen LogP contribution is -2.17. The molecule has 0 atom stereocenters. The van der Waals surface area contributed by atoms with Crippen LogP contribution in [0.5, 0.6) is 0 Å². The molecule has 66 valence electrons. The molecule has 2 nitrogen and oxygen atoms in total. The number of nitrogens with one attached hydrogen (secondary N) is 1. The molecule has 1 N–H and O–H groups in total. The summed E-state index contributed by atoms with van der Waals surface area (Å²) in [6.45, 7) is 1.91. The number of hydrogen-bond acceptors (Lipinski definition) is 1. The molecule has 0 unspecified atom stereocenters. The minimum absolute atomic E-state index is 0.842. The Hall–Kier alpha value is -0.760. The summed E-state index contributed by atoms with van der Waals surface area (Å²) < 4.78 is 5.31. The van der Waals surface area contributed by atoms with Gasteiger partial charge in [0.05, 0.1) is 0 Å². The van der Waals surface area contributed by atoms with Crippen LogP contribution in [0, 0.1) is 5.92 Å². The molecule has 1 aliphatic rings. The highest BCUT2D eigenvalue weighted by Crippen LogP contribution is 2.19. The quantitative estimate of drug-likeness (QED) is 0.712. The molecule has 1 aromatic rings. The van der Waals surface area contributed by atoms with Crippen molar-refractivity contribution in [1.29, 1.82) is 0 Å². The van der Waals surface area contributed by atoms with E-state index >= 15 is 0 Å². The van der Waals surface area contributed by atoms with E-state index in [9.17, 15) is 0 Å². The minimum atomic E-state index is 0.842. The smallest absolute Gasteiger partial charge is 0.0468 e. The van der Waals surface area contributed by atoms with Gasteiger partial charge in [0.2, 0.25) is 0 Å². The van der Waals surface area contributed by atoms with E-state index in [0.717, 1.165) is 19.1 Å². The minimum Gasteiger partial charge on any atom is -0.381 e. The molecule has 12 heavy (non-hydrogen) atoms. The van der Waals surface area contributed by atoms with Crippen molar-refractivity contribution in [2.45, 2.75) is 19.3 Å². The fourth-order valence-corrected chi connectivity index (χ4v) is 1.77. The van der Waals surface area contributed by atoms with Gasteiger partial charge in [-0.05, 0) is 36.8 Å². The van der Waals surface area contributed by atoms with Gasteiger partial charge in [-0.2, -0.15) is 0 Å². The molecule has 1 aromatic heterocycles. The predicted molar refractivity (Wildman–Crippen MR) is 48.0 cm³/mol. The van der Waals surface area contributed by atoms with Gasteiger partial charge >= 0.3 is 0 Å². The Bertz CT molecular complexity index is 212. The second-order valence-electron chi connectivity index (χ2n) is 3.48. The van der Waals surface area contributed by atoms with Gasteiger partial charge in [0.15, 0.2) is 0 Å². The van der Waals surface area contributed by atoms with E-state index in [1.807, 2.05) is 6.20 Å². The third-order valence-corrected chi connectivity index (χ3v) is 2.53. The van der Waals surface area contributed by atoms with Crippen LogP contribution < -0.4 is 0 Å². The number of rotatable bonds is 2. The molecule has 2 heteroatoms. The maximum absolute atomic E-state index is 5.31. The van der Waals surface area contributed by atoms with Crippen molar-refractivity contribution < 1.29 is 4.74 Å². The Kier molecular flexibility index (Phi) is 2.47. The number of aromatic nitrogens is 1. The average molecular weight is 165 g/mol. The van der Waals surface area contributed by atoms with Crippen LogP contribution in [0.1, 0.15) is 18.4 Å². The van der Waals surface area contributed by atoms with Crippen LogP contribution in [-0.4, -0.2) is 18.2 Å². The SMILES string of the molecule is c1cc(CC2CCOCC2)c[nH]1. The summed E-state index contributed by atoms with van der Waals surface area (Å²) in [5, 5.41) is 0. The fourth-order valence-electron chi connectivity index (χ4n) is 1.77. The molecule has 1 fully saturated rings. The van der Waals surface area contributed by atoms with Crippen LogP contribution >= 0.6 is 0 Å². The Labute approximate surface area is 72.9 Å². The first-order valence-electron chi connectivity index (χ1n) is 4.64. The van der Waals surface area contributed by atoms with E-state index in [0.29, 0.717) is 0 Å². The van der Waals surface area contributed by atoms with Crippen molar-refractivity contribution in [3.8, 4) is 0 Å². The lowest BCUT2D eigenvalue weighted by Gasteiger charge is -2.21. The lowest BCUT2D eigenvalue weighted by molar-refractivity contribution is 0.0665. The van der Waals surface area contributed by atoms with E-state index in [4.69, 9.17) is 4.74 Å². The van der Waals surface area contributed by atoms with E-state index in [1.54, 1.807) is 0 Å². The molecule has 0 aromatic carbocycles.